The molecule has 0 aliphatic heterocycles. The number of aryl methyl sites for hydroxylation is 3. The molecule has 0 aliphatic rings. The van der Waals surface area contributed by atoms with E-state index >= 15 is 0 Å². The van der Waals surface area contributed by atoms with E-state index in [0.717, 1.165) is 27.4 Å². The molecule has 7 heteroatoms. The number of benzene rings is 5. The molecule has 5 rings (SSSR count). The van der Waals surface area contributed by atoms with Crippen molar-refractivity contribution < 1.29 is 22.7 Å². The first kappa shape index (κ1) is 27.8. The number of anilines is 1. The second-order valence-electron chi connectivity index (χ2n) is 9.82. The fraction of sp³-hybridized carbons (Fsp3) is 0.118. The quantitative estimate of drug-likeness (QED) is 0.154. The van der Waals surface area contributed by atoms with Crippen molar-refractivity contribution in [2.75, 3.05) is 4.31 Å². The summed E-state index contributed by atoms with van der Waals surface area (Å²) >= 11 is 0. The predicted octanol–water partition coefficient (Wildman–Crippen LogP) is 7.27. The lowest BCUT2D eigenvalue weighted by Crippen LogP contribution is -2.37. The Morgan fingerprint density at radius 3 is 1.83 bits per heavy atom. The van der Waals surface area contributed by atoms with Gasteiger partial charge in [-0.15, -0.1) is 0 Å². The van der Waals surface area contributed by atoms with Crippen molar-refractivity contribution in [2.45, 2.75) is 32.1 Å². The zero-order chi connectivity index (χ0) is 29.1. The zero-order valence-electron chi connectivity index (χ0n) is 23.0. The highest BCUT2D eigenvalue weighted by Crippen LogP contribution is 2.37. The van der Waals surface area contributed by atoms with E-state index < -0.39 is 21.9 Å². The number of sulfonamides is 1. The fourth-order valence-electron chi connectivity index (χ4n) is 4.53. The molecule has 0 radical (unpaired) electrons. The van der Waals surface area contributed by atoms with Crippen LogP contribution in [0.5, 0.6) is 5.75 Å². The van der Waals surface area contributed by atoms with Crippen LogP contribution >= 0.6 is 0 Å². The molecule has 0 aliphatic carbocycles. The van der Waals surface area contributed by atoms with E-state index in [-0.39, 0.29) is 21.9 Å². The molecular weight excluding hydrogens is 534 g/mol. The standard InChI is InChI=1S/C34H29NO5S/c1-4-25-13-19-28(20-14-25)41(38,39)35(33(36)26-15-9-23(2)10-16-26)31-21-22-32(30-8-6-5-7-29(30)31)40-34(37)27-17-11-24(3)12-18-27/h5-22H,4H2,1-3H3. The van der Waals surface area contributed by atoms with E-state index in [9.17, 15) is 18.0 Å². The predicted molar refractivity (Wildman–Crippen MR) is 161 cm³/mol. The van der Waals surface area contributed by atoms with Crippen LogP contribution in [0.3, 0.4) is 0 Å². The Balaban J connectivity index is 1.65. The van der Waals surface area contributed by atoms with E-state index in [2.05, 4.69) is 0 Å². The van der Waals surface area contributed by atoms with Gasteiger partial charge in [-0.05, 0) is 74.4 Å². The average Bonchev–Trinajstić information content (AvgIpc) is 2.99. The van der Waals surface area contributed by atoms with Crippen molar-refractivity contribution in [2.24, 2.45) is 0 Å². The zero-order valence-corrected chi connectivity index (χ0v) is 23.8. The summed E-state index contributed by atoms with van der Waals surface area (Å²) in [5.74, 6) is -0.986. The van der Waals surface area contributed by atoms with Crippen molar-refractivity contribution in [1.82, 2.24) is 0 Å². The molecule has 5 aromatic rings. The first-order valence-electron chi connectivity index (χ1n) is 13.2. The van der Waals surface area contributed by atoms with Crippen molar-refractivity contribution in [3.8, 4) is 5.75 Å². The monoisotopic (exact) mass is 563 g/mol. The molecule has 0 spiro atoms. The number of carbonyl (C=O) groups is 2. The smallest absolute Gasteiger partial charge is 0.343 e. The molecule has 0 aromatic heterocycles. The molecule has 0 atom stereocenters. The summed E-state index contributed by atoms with van der Waals surface area (Å²) in [6.45, 7) is 5.80. The van der Waals surface area contributed by atoms with Crippen LogP contribution in [0.15, 0.2) is 114 Å². The molecule has 0 heterocycles. The molecule has 0 unspecified atom stereocenters. The van der Waals surface area contributed by atoms with Crippen molar-refractivity contribution in [3.63, 3.8) is 0 Å². The van der Waals surface area contributed by atoms with Crippen LogP contribution in [0.2, 0.25) is 0 Å². The molecule has 206 valence electrons. The fourth-order valence-corrected chi connectivity index (χ4v) is 5.97. The summed E-state index contributed by atoms with van der Waals surface area (Å²) in [5, 5.41) is 0.930. The number of nitrogens with zero attached hydrogens (tertiary/aromatic N) is 1. The molecule has 0 bridgehead atoms. The summed E-state index contributed by atoms with van der Waals surface area (Å²) in [7, 11) is -4.34. The van der Waals surface area contributed by atoms with Crippen LogP contribution in [0.4, 0.5) is 5.69 Å². The van der Waals surface area contributed by atoms with Gasteiger partial charge in [-0.25, -0.2) is 13.2 Å². The second kappa shape index (κ2) is 11.4. The van der Waals surface area contributed by atoms with Crippen molar-refractivity contribution >= 4 is 38.4 Å². The molecular formula is C34H29NO5S. The number of fused-ring (bicyclic) bond motifs is 1. The van der Waals surface area contributed by atoms with Gasteiger partial charge in [-0.1, -0.05) is 78.7 Å². The van der Waals surface area contributed by atoms with Gasteiger partial charge in [0.2, 0.25) is 0 Å². The van der Waals surface area contributed by atoms with E-state index in [0.29, 0.717) is 16.3 Å². The lowest BCUT2D eigenvalue weighted by molar-refractivity contribution is 0.0736. The van der Waals surface area contributed by atoms with Gasteiger partial charge >= 0.3 is 5.97 Å². The van der Waals surface area contributed by atoms with E-state index in [1.54, 1.807) is 72.8 Å². The first-order chi connectivity index (χ1) is 19.7. The maximum Gasteiger partial charge on any atom is 0.343 e. The Morgan fingerprint density at radius 2 is 1.24 bits per heavy atom. The van der Waals surface area contributed by atoms with Crippen LogP contribution in [-0.4, -0.2) is 20.3 Å². The number of amides is 1. The minimum atomic E-state index is -4.34. The Bertz CT molecular complexity index is 1840. The highest BCUT2D eigenvalue weighted by atomic mass is 32.2. The molecule has 0 saturated carbocycles. The average molecular weight is 564 g/mol. The van der Waals surface area contributed by atoms with Gasteiger partial charge in [-0.3, -0.25) is 4.79 Å². The maximum absolute atomic E-state index is 14.2. The Labute approximate surface area is 239 Å². The van der Waals surface area contributed by atoms with Crippen LogP contribution in [0, 0.1) is 13.8 Å². The number of rotatable bonds is 7. The molecule has 0 fully saturated rings. The third-order valence-corrected chi connectivity index (χ3v) is 8.63. The SMILES string of the molecule is CCc1ccc(S(=O)(=O)N(C(=O)c2ccc(C)cc2)c2ccc(OC(=O)c3ccc(C)cc3)c3ccccc23)cc1. The summed E-state index contributed by atoms with van der Waals surface area (Å²) < 4.78 is 34.9. The normalized spacial score (nSPS) is 11.3. The molecule has 5 aromatic carbocycles. The summed E-state index contributed by atoms with van der Waals surface area (Å²) in [4.78, 5) is 26.9. The minimum absolute atomic E-state index is 0.00545. The lowest BCUT2D eigenvalue weighted by atomic mass is 10.1. The summed E-state index contributed by atoms with van der Waals surface area (Å²) in [5.41, 5.74) is 3.70. The van der Waals surface area contributed by atoms with Gasteiger partial charge in [0.25, 0.3) is 15.9 Å². The van der Waals surface area contributed by atoms with Gasteiger partial charge in [0, 0.05) is 16.3 Å². The maximum atomic E-state index is 14.2. The summed E-state index contributed by atoms with van der Waals surface area (Å²) in [6.07, 6.45) is 0.750. The van der Waals surface area contributed by atoms with Crippen molar-refractivity contribution in [3.05, 3.63) is 137 Å². The minimum Gasteiger partial charge on any atom is -0.422 e. The second-order valence-corrected chi connectivity index (χ2v) is 11.6. The van der Waals surface area contributed by atoms with E-state index in [4.69, 9.17) is 4.74 Å². The Kier molecular flexibility index (Phi) is 7.72. The van der Waals surface area contributed by atoms with Gasteiger partial charge in [0.15, 0.2) is 0 Å². The highest BCUT2D eigenvalue weighted by Gasteiger charge is 2.33. The molecule has 0 N–H and O–H groups in total. The molecule has 6 nitrogen and oxygen atoms in total. The van der Waals surface area contributed by atoms with E-state index in [1.165, 1.54) is 24.3 Å². The number of hydrogen-bond acceptors (Lipinski definition) is 5. The summed E-state index contributed by atoms with van der Waals surface area (Å²) in [6, 6.07) is 30.3. The number of carbonyl (C=O) groups excluding carboxylic acids is 2. The topological polar surface area (TPSA) is 80.8 Å². The van der Waals surface area contributed by atoms with Crippen LogP contribution < -0.4 is 9.04 Å². The Hall–Kier alpha value is -4.75. The van der Waals surface area contributed by atoms with Gasteiger partial charge in [0.05, 0.1) is 16.1 Å². The molecule has 41 heavy (non-hydrogen) atoms. The third kappa shape index (κ3) is 5.62. The number of ether oxygens (including phenoxy) is 1. The van der Waals surface area contributed by atoms with Crippen LogP contribution in [-0.2, 0) is 16.4 Å². The van der Waals surface area contributed by atoms with Gasteiger partial charge in [0.1, 0.15) is 5.75 Å². The lowest BCUT2D eigenvalue weighted by Gasteiger charge is -2.25. The van der Waals surface area contributed by atoms with E-state index in [1.807, 2.05) is 32.9 Å². The molecule has 0 saturated heterocycles. The van der Waals surface area contributed by atoms with Gasteiger partial charge in [-0.2, -0.15) is 4.31 Å². The largest absolute Gasteiger partial charge is 0.422 e. The Morgan fingerprint density at radius 1 is 0.683 bits per heavy atom. The molecule has 1 amide bonds. The number of esters is 1. The van der Waals surface area contributed by atoms with Crippen molar-refractivity contribution in [1.29, 1.82) is 0 Å². The van der Waals surface area contributed by atoms with Crippen LogP contribution in [0.25, 0.3) is 10.8 Å². The van der Waals surface area contributed by atoms with Crippen LogP contribution in [0.1, 0.15) is 44.3 Å². The highest BCUT2D eigenvalue weighted by molar-refractivity contribution is 7.93. The first-order valence-corrected chi connectivity index (χ1v) is 14.7. The van der Waals surface area contributed by atoms with Gasteiger partial charge < -0.3 is 4.74 Å². The third-order valence-electron chi connectivity index (χ3n) is 6.92. The number of hydrogen-bond donors (Lipinski definition) is 0.